The lowest BCUT2D eigenvalue weighted by Gasteiger charge is -2.30. The van der Waals surface area contributed by atoms with Gasteiger partial charge in [0.25, 0.3) is 5.91 Å². The molecule has 0 bridgehead atoms. The molecule has 1 atom stereocenters. The van der Waals surface area contributed by atoms with E-state index in [1.54, 1.807) is 11.0 Å². The molecule has 3 heterocycles. The molecule has 4 rings (SSSR count). The second-order valence-corrected chi connectivity index (χ2v) is 5.98. The van der Waals surface area contributed by atoms with Crippen molar-refractivity contribution in [1.82, 2.24) is 15.0 Å². The summed E-state index contributed by atoms with van der Waals surface area (Å²) in [5.41, 5.74) is 1.31. The molecule has 0 spiro atoms. The Balaban J connectivity index is 1.64. The maximum atomic E-state index is 12.9. The van der Waals surface area contributed by atoms with Gasteiger partial charge in [-0.05, 0) is 13.0 Å². The van der Waals surface area contributed by atoms with E-state index in [0.29, 0.717) is 41.9 Å². The van der Waals surface area contributed by atoms with Crippen LogP contribution in [0.15, 0.2) is 33.5 Å². The summed E-state index contributed by atoms with van der Waals surface area (Å²) in [6.45, 7) is 3.05. The zero-order valence-corrected chi connectivity index (χ0v) is 13.6. The standard InChI is InChI=1S/C16H14ClN3O4/c1-9-10-3-2-4-11(17)14(10)24-13(9)16(21)20-5-6-22-12(7-20)15-18-8-23-19-15/h2-4,8,12H,5-7H2,1H3. The van der Waals surface area contributed by atoms with Crippen LogP contribution in [0.2, 0.25) is 5.02 Å². The molecule has 1 aliphatic rings. The molecule has 124 valence electrons. The third-order valence-electron chi connectivity index (χ3n) is 4.13. The lowest BCUT2D eigenvalue weighted by molar-refractivity contribution is -0.0284. The maximum absolute atomic E-state index is 12.9. The van der Waals surface area contributed by atoms with Crippen molar-refractivity contribution < 1.29 is 18.5 Å². The quantitative estimate of drug-likeness (QED) is 0.708. The van der Waals surface area contributed by atoms with Crippen LogP contribution in [0.4, 0.5) is 0 Å². The van der Waals surface area contributed by atoms with E-state index in [4.69, 9.17) is 25.3 Å². The Morgan fingerprint density at radius 1 is 1.42 bits per heavy atom. The third kappa shape index (κ3) is 2.46. The molecule has 1 fully saturated rings. The Morgan fingerprint density at radius 3 is 3.04 bits per heavy atom. The van der Waals surface area contributed by atoms with E-state index < -0.39 is 6.10 Å². The summed E-state index contributed by atoms with van der Waals surface area (Å²) in [4.78, 5) is 18.5. The number of aryl methyl sites for hydroxylation is 1. The highest BCUT2D eigenvalue weighted by Crippen LogP contribution is 2.32. The summed E-state index contributed by atoms with van der Waals surface area (Å²) in [5, 5.41) is 5.11. The summed E-state index contributed by atoms with van der Waals surface area (Å²) in [7, 11) is 0. The number of hydrogen-bond donors (Lipinski definition) is 0. The van der Waals surface area contributed by atoms with Crippen LogP contribution in [-0.2, 0) is 4.74 Å². The van der Waals surface area contributed by atoms with Gasteiger partial charge in [-0.25, -0.2) is 0 Å². The number of fused-ring (bicyclic) bond motifs is 1. The fourth-order valence-corrected chi connectivity index (χ4v) is 3.08. The SMILES string of the molecule is Cc1c(C(=O)N2CCOC(c3ncon3)C2)oc2c(Cl)cccc12. The molecule has 1 amide bonds. The zero-order valence-electron chi connectivity index (χ0n) is 12.9. The third-order valence-corrected chi connectivity index (χ3v) is 4.43. The minimum absolute atomic E-state index is 0.198. The van der Waals surface area contributed by atoms with Crippen molar-refractivity contribution in [3.63, 3.8) is 0 Å². The van der Waals surface area contributed by atoms with Gasteiger partial charge in [0.15, 0.2) is 11.3 Å². The first-order chi connectivity index (χ1) is 11.6. The number of nitrogens with zero attached hydrogens (tertiary/aromatic N) is 3. The molecule has 1 saturated heterocycles. The molecule has 8 heteroatoms. The molecule has 0 N–H and O–H groups in total. The van der Waals surface area contributed by atoms with Crippen LogP contribution in [-0.4, -0.2) is 40.6 Å². The average molecular weight is 348 g/mol. The van der Waals surface area contributed by atoms with E-state index in [9.17, 15) is 4.79 Å². The lowest BCUT2D eigenvalue weighted by atomic mass is 10.1. The molecule has 1 unspecified atom stereocenters. The van der Waals surface area contributed by atoms with Gasteiger partial charge in [0.1, 0.15) is 6.10 Å². The summed E-state index contributed by atoms with van der Waals surface area (Å²) in [5.74, 6) is 0.528. The summed E-state index contributed by atoms with van der Waals surface area (Å²) in [6.07, 6.45) is 0.833. The second-order valence-electron chi connectivity index (χ2n) is 5.57. The normalized spacial score (nSPS) is 18.2. The van der Waals surface area contributed by atoms with Crippen LogP contribution in [0.25, 0.3) is 11.0 Å². The molecule has 1 aliphatic heterocycles. The van der Waals surface area contributed by atoms with Gasteiger partial charge in [-0.1, -0.05) is 28.9 Å². The first kappa shape index (κ1) is 15.2. The molecule has 3 aromatic rings. The number of carbonyl (C=O) groups is 1. The van der Waals surface area contributed by atoms with Crippen LogP contribution < -0.4 is 0 Å². The monoisotopic (exact) mass is 347 g/mol. The molecule has 24 heavy (non-hydrogen) atoms. The van der Waals surface area contributed by atoms with Gasteiger partial charge in [-0.15, -0.1) is 0 Å². The zero-order chi connectivity index (χ0) is 16.7. The number of furan rings is 1. The average Bonchev–Trinajstić information content (AvgIpc) is 3.24. The summed E-state index contributed by atoms with van der Waals surface area (Å²) >= 11 is 6.16. The maximum Gasteiger partial charge on any atom is 0.290 e. The van der Waals surface area contributed by atoms with Gasteiger partial charge in [-0.2, -0.15) is 4.98 Å². The van der Waals surface area contributed by atoms with Gasteiger partial charge in [-0.3, -0.25) is 4.79 Å². The van der Waals surface area contributed by atoms with E-state index in [0.717, 1.165) is 10.9 Å². The highest BCUT2D eigenvalue weighted by molar-refractivity contribution is 6.35. The molecule has 7 nitrogen and oxygen atoms in total. The number of morpholine rings is 1. The molecule has 1 aromatic carbocycles. The molecule has 0 radical (unpaired) electrons. The summed E-state index contributed by atoms with van der Waals surface area (Å²) < 4.78 is 16.1. The van der Waals surface area contributed by atoms with Crippen LogP contribution in [0.5, 0.6) is 0 Å². The van der Waals surface area contributed by atoms with Gasteiger partial charge >= 0.3 is 0 Å². The number of benzene rings is 1. The Morgan fingerprint density at radius 2 is 2.29 bits per heavy atom. The largest absolute Gasteiger partial charge is 0.449 e. The number of hydrogen-bond acceptors (Lipinski definition) is 6. The number of aromatic nitrogens is 2. The van der Waals surface area contributed by atoms with Crippen LogP contribution in [0.3, 0.4) is 0 Å². The fourth-order valence-electron chi connectivity index (χ4n) is 2.87. The van der Waals surface area contributed by atoms with Crippen molar-refractivity contribution >= 4 is 28.5 Å². The van der Waals surface area contributed by atoms with Crippen molar-refractivity contribution in [2.45, 2.75) is 13.0 Å². The van der Waals surface area contributed by atoms with E-state index in [1.807, 2.05) is 19.1 Å². The number of ether oxygens (including phenoxy) is 1. The lowest BCUT2D eigenvalue weighted by Crippen LogP contribution is -2.42. The van der Waals surface area contributed by atoms with Crippen LogP contribution in [0, 0.1) is 6.92 Å². The Hall–Kier alpha value is -2.38. The first-order valence-corrected chi connectivity index (χ1v) is 7.87. The smallest absolute Gasteiger partial charge is 0.290 e. The van der Waals surface area contributed by atoms with Gasteiger partial charge in [0, 0.05) is 17.5 Å². The Kier molecular flexibility index (Phi) is 3.74. The van der Waals surface area contributed by atoms with Crippen molar-refractivity contribution in [3.8, 4) is 0 Å². The number of amides is 1. The molecule has 0 aliphatic carbocycles. The van der Waals surface area contributed by atoms with E-state index >= 15 is 0 Å². The molecular formula is C16H14ClN3O4. The predicted molar refractivity (Wildman–Crippen MR) is 84.9 cm³/mol. The summed E-state index contributed by atoms with van der Waals surface area (Å²) in [6, 6.07) is 5.46. The number of carbonyl (C=O) groups excluding carboxylic acids is 1. The number of para-hydroxylation sites is 1. The van der Waals surface area contributed by atoms with Crippen molar-refractivity contribution in [2.75, 3.05) is 19.7 Å². The minimum atomic E-state index is -0.408. The minimum Gasteiger partial charge on any atom is -0.449 e. The highest BCUT2D eigenvalue weighted by Gasteiger charge is 2.31. The number of rotatable bonds is 2. The van der Waals surface area contributed by atoms with E-state index in [1.165, 1.54) is 6.39 Å². The van der Waals surface area contributed by atoms with E-state index in [2.05, 4.69) is 10.1 Å². The van der Waals surface area contributed by atoms with Gasteiger partial charge < -0.3 is 18.6 Å². The molecule has 2 aromatic heterocycles. The van der Waals surface area contributed by atoms with Gasteiger partial charge in [0.05, 0.1) is 18.2 Å². The fraction of sp³-hybridized carbons (Fsp3) is 0.312. The van der Waals surface area contributed by atoms with Gasteiger partial charge in [0.2, 0.25) is 12.2 Å². The number of halogens is 1. The molecule has 0 saturated carbocycles. The van der Waals surface area contributed by atoms with Crippen LogP contribution in [0.1, 0.15) is 28.0 Å². The Labute approximate surface area is 142 Å². The topological polar surface area (TPSA) is 81.6 Å². The molecular weight excluding hydrogens is 334 g/mol. The predicted octanol–water partition coefficient (Wildman–Crippen LogP) is 2.99. The second kappa shape index (κ2) is 5.92. The first-order valence-electron chi connectivity index (χ1n) is 7.50. The Bertz CT molecular complexity index is 890. The van der Waals surface area contributed by atoms with Crippen LogP contribution >= 0.6 is 11.6 Å². The van der Waals surface area contributed by atoms with E-state index in [-0.39, 0.29) is 5.91 Å². The van der Waals surface area contributed by atoms with Crippen molar-refractivity contribution in [1.29, 1.82) is 0 Å². The van der Waals surface area contributed by atoms with Crippen molar-refractivity contribution in [2.24, 2.45) is 0 Å². The highest BCUT2D eigenvalue weighted by atomic mass is 35.5. The van der Waals surface area contributed by atoms with Crippen molar-refractivity contribution in [3.05, 3.63) is 46.8 Å².